The number of imide groups is 1. The van der Waals surface area contributed by atoms with Crippen LogP contribution in [0.4, 0.5) is 5.69 Å². The molecule has 108 valence electrons. The fourth-order valence-electron chi connectivity index (χ4n) is 2.91. The summed E-state index contributed by atoms with van der Waals surface area (Å²) in [7, 11) is 0. The topological polar surface area (TPSA) is 74.7 Å². The maximum atomic E-state index is 12.5. The van der Waals surface area contributed by atoms with Crippen molar-refractivity contribution in [3.05, 3.63) is 40.9 Å². The zero-order chi connectivity index (χ0) is 15.1. The van der Waals surface area contributed by atoms with Gasteiger partial charge in [0.25, 0.3) is 0 Å². The number of carbonyl (C=O) groups excluding carboxylic acids is 2. The molecule has 0 aromatic heterocycles. The molecule has 1 fully saturated rings. The monoisotopic (exact) mass is 305 g/mol. The standard InChI is InChI=1S/C15H12ClNO4/c16-8-5-6-9-11(7-8)14(19)17(13(9)18)12-4-2-1-3-10(12)15(20)21/h1-5,9,11H,6-7H2,(H,20,21)/t9-,11+/m0/s1. The van der Waals surface area contributed by atoms with Crippen molar-refractivity contribution in [3.8, 4) is 0 Å². The Morgan fingerprint density at radius 1 is 1.19 bits per heavy atom. The average Bonchev–Trinajstić information content (AvgIpc) is 2.70. The van der Waals surface area contributed by atoms with Crippen molar-refractivity contribution in [2.24, 2.45) is 11.8 Å². The number of allylic oxidation sites excluding steroid dienone is 2. The zero-order valence-corrected chi connectivity index (χ0v) is 11.7. The predicted octanol–water partition coefficient (Wildman–Crippen LogP) is 2.41. The van der Waals surface area contributed by atoms with E-state index in [0.717, 1.165) is 4.90 Å². The fraction of sp³-hybridized carbons (Fsp3) is 0.267. The predicted molar refractivity (Wildman–Crippen MR) is 76.0 cm³/mol. The van der Waals surface area contributed by atoms with Crippen LogP contribution in [0.1, 0.15) is 23.2 Å². The number of hydrogen-bond donors (Lipinski definition) is 1. The third-order valence-electron chi connectivity index (χ3n) is 3.94. The van der Waals surface area contributed by atoms with Gasteiger partial charge in [-0.15, -0.1) is 0 Å². The van der Waals surface area contributed by atoms with Gasteiger partial charge in [0.1, 0.15) is 0 Å². The third kappa shape index (κ3) is 2.14. The van der Waals surface area contributed by atoms with Crippen LogP contribution >= 0.6 is 11.6 Å². The molecule has 2 amide bonds. The Kier molecular flexibility index (Phi) is 3.29. The van der Waals surface area contributed by atoms with Gasteiger partial charge in [-0.05, 0) is 25.0 Å². The van der Waals surface area contributed by atoms with E-state index in [1.807, 2.05) is 0 Å². The Balaban J connectivity index is 2.04. The van der Waals surface area contributed by atoms with Gasteiger partial charge in [0.05, 0.1) is 23.1 Å². The average molecular weight is 306 g/mol. The smallest absolute Gasteiger partial charge is 0.337 e. The molecule has 1 aliphatic heterocycles. The molecule has 0 saturated carbocycles. The van der Waals surface area contributed by atoms with Crippen LogP contribution in [0.5, 0.6) is 0 Å². The summed E-state index contributed by atoms with van der Waals surface area (Å²) in [6.45, 7) is 0. The van der Waals surface area contributed by atoms with Crippen molar-refractivity contribution < 1.29 is 19.5 Å². The van der Waals surface area contributed by atoms with E-state index in [1.54, 1.807) is 18.2 Å². The van der Waals surface area contributed by atoms with Crippen molar-refractivity contribution in [3.63, 3.8) is 0 Å². The molecule has 21 heavy (non-hydrogen) atoms. The fourth-order valence-corrected chi connectivity index (χ4v) is 3.17. The first-order valence-corrected chi connectivity index (χ1v) is 6.93. The Labute approximate surface area is 125 Å². The van der Waals surface area contributed by atoms with Crippen LogP contribution in [-0.4, -0.2) is 22.9 Å². The molecule has 1 aliphatic carbocycles. The zero-order valence-electron chi connectivity index (χ0n) is 11.0. The summed E-state index contributed by atoms with van der Waals surface area (Å²) in [6, 6.07) is 6.02. The molecule has 0 spiro atoms. The Bertz CT molecular complexity index is 682. The lowest BCUT2D eigenvalue weighted by atomic mass is 9.85. The van der Waals surface area contributed by atoms with Gasteiger partial charge >= 0.3 is 5.97 Å². The number of para-hydroxylation sites is 1. The first-order chi connectivity index (χ1) is 10.0. The number of carbonyl (C=O) groups is 3. The summed E-state index contributed by atoms with van der Waals surface area (Å²) < 4.78 is 0. The van der Waals surface area contributed by atoms with Gasteiger partial charge < -0.3 is 5.11 Å². The van der Waals surface area contributed by atoms with Crippen molar-refractivity contribution >= 4 is 35.1 Å². The second-order valence-corrected chi connectivity index (χ2v) is 5.62. The molecule has 1 heterocycles. The van der Waals surface area contributed by atoms with Gasteiger partial charge in [0, 0.05) is 5.03 Å². The van der Waals surface area contributed by atoms with Crippen LogP contribution in [0.3, 0.4) is 0 Å². The van der Waals surface area contributed by atoms with Crippen LogP contribution in [0.25, 0.3) is 0 Å². The SMILES string of the molecule is O=C(O)c1ccccc1N1C(=O)[C@H]2CC=C(Cl)C[C@H]2C1=O. The van der Waals surface area contributed by atoms with Gasteiger partial charge in [-0.3, -0.25) is 9.59 Å². The number of nitrogens with zero attached hydrogens (tertiary/aromatic N) is 1. The molecule has 0 unspecified atom stereocenters. The van der Waals surface area contributed by atoms with Crippen LogP contribution in [0.2, 0.25) is 0 Å². The van der Waals surface area contributed by atoms with Crippen molar-refractivity contribution in [2.45, 2.75) is 12.8 Å². The van der Waals surface area contributed by atoms with Gasteiger partial charge in [-0.25, -0.2) is 9.69 Å². The normalized spacial score (nSPS) is 24.8. The minimum absolute atomic E-state index is 0.0584. The first kappa shape index (κ1) is 13.8. The Morgan fingerprint density at radius 2 is 1.86 bits per heavy atom. The maximum Gasteiger partial charge on any atom is 0.337 e. The highest BCUT2D eigenvalue weighted by Gasteiger charge is 2.49. The summed E-state index contributed by atoms with van der Waals surface area (Å²) >= 11 is 5.96. The number of carboxylic acid groups (broad SMARTS) is 1. The molecule has 1 N–H and O–H groups in total. The van der Waals surface area contributed by atoms with E-state index in [0.29, 0.717) is 17.9 Å². The molecule has 5 nitrogen and oxygen atoms in total. The van der Waals surface area contributed by atoms with Crippen LogP contribution in [0, 0.1) is 11.8 Å². The lowest BCUT2D eigenvalue weighted by Gasteiger charge is -2.17. The van der Waals surface area contributed by atoms with Gasteiger partial charge in [-0.1, -0.05) is 29.8 Å². The minimum Gasteiger partial charge on any atom is -0.478 e. The Hall–Kier alpha value is -2.14. The molecule has 0 radical (unpaired) electrons. The Morgan fingerprint density at radius 3 is 2.57 bits per heavy atom. The second-order valence-electron chi connectivity index (χ2n) is 5.14. The highest BCUT2D eigenvalue weighted by Crippen LogP contribution is 2.41. The summed E-state index contributed by atoms with van der Waals surface area (Å²) in [5.41, 5.74) is 0.0717. The maximum absolute atomic E-state index is 12.5. The van der Waals surface area contributed by atoms with E-state index in [9.17, 15) is 19.5 Å². The van der Waals surface area contributed by atoms with E-state index in [2.05, 4.69) is 0 Å². The van der Waals surface area contributed by atoms with E-state index >= 15 is 0 Å². The minimum atomic E-state index is -1.17. The number of anilines is 1. The van der Waals surface area contributed by atoms with Crippen LogP contribution in [0.15, 0.2) is 35.4 Å². The molecule has 2 atom stereocenters. The number of amides is 2. The lowest BCUT2D eigenvalue weighted by Crippen LogP contribution is -2.32. The highest BCUT2D eigenvalue weighted by molar-refractivity contribution is 6.31. The van der Waals surface area contributed by atoms with Crippen molar-refractivity contribution in [2.75, 3.05) is 4.90 Å². The summed E-state index contributed by atoms with van der Waals surface area (Å²) in [4.78, 5) is 37.2. The number of rotatable bonds is 2. The molecule has 1 saturated heterocycles. The first-order valence-electron chi connectivity index (χ1n) is 6.55. The quantitative estimate of drug-likeness (QED) is 0.851. The van der Waals surface area contributed by atoms with Gasteiger partial charge in [0.2, 0.25) is 11.8 Å². The molecular weight excluding hydrogens is 294 g/mol. The molecular formula is C15H12ClNO4. The van der Waals surface area contributed by atoms with E-state index < -0.39 is 17.8 Å². The lowest BCUT2D eigenvalue weighted by molar-refractivity contribution is -0.122. The molecule has 1 aromatic rings. The number of hydrogen-bond acceptors (Lipinski definition) is 3. The van der Waals surface area contributed by atoms with E-state index in [4.69, 9.17) is 11.6 Å². The van der Waals surface area contributed by atoms with Crippen LogP contribution in [-0.2, 0) is 9.59 Å². The molecule has 2 aliphatic rings. The van der Waals surface area contributed by atoms with E-state index in [1.165, 1.54) is 12.1 Å². The van der Waals surface area contributed by atoms with Crippen LogP contribution < -0.4 is 4.90 Å². The number of aromatic carboxylic acids is 1. The highest BCUT2D eigenvalue weighted by atomic mass is 35.5. The molecule has 1 aromatic carbocycles. The van der Waals surface area contributed by atoms with Crippen molar-refractivity contribution in [1.29, 1.82) is 0 Å². The molecule has 6 heteroatoms. The van der Waals surface area contributed by atoms with E-state index in [-0.39, 0.29) is 23.1 Å². The van der Waals surface area contributed by atoms with Gasteiger partial charge in [0.15, 0.2) is 0 Å². The third-order valence-corrected chi connectivity index (χ3v) is 4.25. The van der Waals surface area contributed by atoms with Gasteiger partial charge in [-0.2, -0.15) is 0 Å². The van der Waals surface area contributed by atoms with Crippen molar-refractivity contribution in [1.82, 2.24) is 0 Å². The number of carboxylic acids is 1. The summed E-state index contributed by atoms with van der Waals surface area (Å²) in [5, 5.41) is 9.79. The molecule has 0 bridgehead atoms. The number of benzene rings is 1. The number of halogens is 1. The number of fused-ring (bicyclic) bond motifs is 1. The largest absolute Gasteiger partial charge is 0.478 e. The summed E-state index contributed by atoms with van der Waals surface area (Å²) in [6.07, 6.45) is 2.50. The molecule has 3 rings (SSSR count). The second kappa shape index (κ2) is 5.00. The summed E-state index contributed by atoms with van der Waals surface area (Å²) in [5.74, 6) is -2.82.